The van der Waals surface area contributed by atoms with Crippen LogP contribution in [0, 0.1) is 11.8 Å². The zero-order chi connectivity index (χ0) is 18.8. The standard InChI is InChI=1S/C22H30N2O3/c25-17-11-9-16(10-12-17)23-21(26)18-6-2-3-7-19(18)22(27)24-14-13-15-5-1-4-8-20(15)24/h1,4-5,8,16-19,25H,2-3,6-7,9-14H2,(H,23,26). The van der Waals surface area contributed by atoms with Gasteiger partial charge in [-0.3, -0.25) is 9.59 Å². The molecule has 0 saturated heterocycles. The van der Waals surface area contributed by atoms with E-state index in [1.165, 1.54) is 5.56 Å². The van der Waals surface area contributed by atoms with E-state index in [4.69, 9.17) is 0 Å². The molecule has 1 aromatic carbocycles. The van der Waals surface area contributed by atoms with Crippen LogP contribution in [0.15, 0.2) is 24.3 Å². The largest absolute Gasteiger partial charge is 0.393 e. The maximum Gasteiger partial charge on any atom is 0.230 e. The Balaban J connectivity index is 1.44. The zero-order valence-electron chi connectivity index (χ0n) is 15.9. The van der Waals surface area contributed by atoms with Crippen LogP contribution in [0.5, 0.6) is 0 Å². The summed E-state index contributed by atoms with van der Waals surface area (Å²) in [6.07, 6.45) is 7.48. The summed E-state index contributed by atoms with van der Waals surface area (Å²) in [6.45, 7) is 0.726. The van der Waals surface area contributed by atoms with Crippen molar-refractivity contribution >= 4 is 17.5 Å². The van der Waals surface area contributed by atoms with Gasteiger partial charge in [-0.1, -0.05) is 31.0 Å². The summed E-state index contributed by atoms with van der Waals surface area (Å²) in [5, 5.41) is 12.8. The Morgan fingerprint density at radius 1 is 0.963 bits per heavy atom. The molecular formula is C22H30N2O3. The first-order valence-corrected chi connectivity index (χ1v) is 10.5. The second-order valence-electron chi connectivity index (χ2n) is 8.38. The van der Waals surface area contributed by atoms with Crippen molar-refractivity contribution in [1.29, 1.82) is 0 Å². The molecule has 0 spiro atoms. The highest BCUT2D eigenvalue weighted by Crippen LogP contribution is 2.36. The molecule has 0 bridgehead atoms. The average Bonchev–Trinajstić information content (AvgIpc) is 3.13. The lowest BCUT2D eigenvalue weighted by Gasteiger charge is -2.34. The highest BCUT2D eigenvalue weighted by Gasteiger charge is 2.40. The molecule has 5 nitrogen and oxygen atoms in total. The van der Waals surface area contributed by atoms with E-state index in [9.17, 15) is 14.7 Å². The lowest BCUT2D eigenvalue weighted by Crippen LogP contribution is -2.48. The Kier molecular flexibility index (Phi) is 5.48. The van der Waals surface area contributed by atoms with Gasteiger partial charge in [0.1, 0.15) is 0 Å². The van der Waals surface area contributed by atoms with E-state index < -0.39 is 0 Å². The Morgan fingerprint density at radius 3 is 2.44 bits per heavy atom. The number of hydrogen-bond acceptors (Lipinski definition) is 3. The van der Waals surface area contributed by atoms with Gasteiger partial charge in [-0.05, 0) is 56.6 Å². The van der Waals surface area contributed by atoms with Crippen molar-refractivity contribution in [2.75, 3.05) is 11.4 Å². The normalized spacial score (nSPS) is 30.6. The van der Waals surface area contributed by atoms with Gasteiger partial charge < -0.3 is 15.3 Å². The first kappa shape index (κ1) is 18.5. The Morgan fingerprint density at radius 2 is 1.67 bits per heavy atom. The topological polar surface area (TPSA) is 69.6 Å². The van der Waals surface area contributed by atoms with Crippen LogP contribution in [0.3, 0.4) is 0 Å². The van der Waals surface area contributed by atoms with E-state index in [0.29, 0.717) is 0 Å². The van der Waals surface area contributed by atoms with Crippen LogP contribution in [-0.2, 0) is 16.0 Å². The number of rotatable bonds is 3. The van der Waals surface area contributed by atoms with E-state index in [1.807, 2.05) is 23.1 Å². The number of amides is 2. The summed E-state index contributed by atoms with van der Waals surface area (Å²) in [5.74, 6) is -0.259. The van der Waals surface area contributed by atoms with Crippen LogP contribution < -0.4 is 10.2 Å². The molecule has 5 heteroatoms. The van der Waals surface area contributed by atoms with Gasteiger partial charge >= 0.3 is 0 Å². The Hall–Kier alpha value is -1.88. The average molecular weight is 370 g/mol. The molecule has 1 heterocycles. The first-order valence-electron chi connectivity index (χ1n) is 10.5. The molecular weight excluding hydrogens is 340 g/mol. The zero-order valence-corrected chi connectivity index (χ0v) is 15.9. The van der Waals surface area contributed by atoms with Gasteiger partial charge in [-0.25, -0.2) is 0 Å². The van der Waals surface area contributed by atoms with Gasteiger partial charge in [0.25, 0.3) is 0 Å². The van der Waals surface area contributed by atoms with E-state index >= 15 is 0 Å². The van der Waals surface area contributed by atoms with Crippen LogP contribution in [0.1, 0.15) is 56.9 Å². The SMILES string of the molecule is O=C(NC1CCC(O)CC1)C1CCCCC1C(=O)N1CCc2ccccc21. The monoisotopic (exact) mass is 370 g/mol. The molecule has 0 radical (unpaired) electrons. The van der Waals surface area contributed by atoms with Crippen molar-refractivity contribution in [3.05, 3.63) is 29.8 Å². The van der Waals surface area contributed by atoms with Crippen molar-refractivity contribution in [1.82, 2.24) is 5.32 Å². The number of para-hydroxylation sites is 1. The summed E-state index contributed by atoms with van der Waals surface area (Å²) < 4.78 is 0. The lowest BCUT2D eigenvalue weighted by atomic mass is 9.77. The number of nitrogens with zero attached hydrogens (tertiary/aromatic N) is 1. The van der Waals surface area contributed by atoms with Crippen molar-refractivity contribution in [2.24, 2.45) is 11.8 Å². The second kappa shape index (κ2) is 8.01. The van der Waals surface area contributed by atoms with Crippen molar-refractivity contribution in [3.63, 3.8) is 0 Å². The van der Waals surface area contributed by atoms with Gasteiger partial charge in [0.15, 0.2) is 0 Å². The third-order valence-corrected chi connectivity index (χ3v) is 6.62. The molecule has 2 saturated carbocycles. The number of nitrogens with one attached hydrogen (secondary N) is 1. The quantitative estimate of drug-likeness (QED) is 0.860. The fourth-order valence-corrected chi connectivity index (χ4v) is 5.04. The van der Waals surface area contributed by atoms with Crippen molar-refractivity contribution in [2.45, 2.75) is 69.9 Å². The first-order chi connectivity index (χ1) is 13.1. The third kappa shape index (κ3) is 3.88. The highest BCUT2D eigenvalue weighted by molar-refractivity contribution is 5.99. The van der Waals surface area contributed by atoms with Gasteiger partial charge in [-0.15, -0.1) is 0 Å². The fourth-order valence-electron chi connectivity index (χ4n) is 5.04. The number of carbonyl (C=O) groups excluding carboxylic acids is 2. The number of aliphatic hydroxyl groups is 1. The van der Waals surface area contributed by atoms with Gasteiger partial charge in [0.05, 0.1) is 12.0 Å². The highest BCUT2D eigenvalue weighted by atomic mass is 16.3. The summed E-state index contributed by atoms with van der Waals surface area (Å²) in [5.41, 5.74) is 2.25. The smallest absolute Gasteiger partial charge is 0.230 e. The molecule has 3 aliphatic rings. The van der Waals surface area contributed by atoms with Crippen LogP contribution in [0.4, 0.5) is 5.69 Å². The third-order valence-electron chi connectivity index (χ3n) is 6.62. The molecule has 2 amide bonds. The van der Waals surface area contributed by atoms with E-state index in [1.54, 1.807) is 0 Å². The number of fused-ring (bicyclic) bond motifs is 1. The molecule has 2 fully saturated rings. The minimum absolute atomic E-state index is 0.0434. The van der Waals surface area contributed by atoms with Gasteiger partial charge in [0, 0.05) is 24.2 Å². The minimum Gasteiger partial charge on any atom is -0.393 e. The molecule has 0 aromatic heterocycles. The maximum atomic E-state index is 13.3. The van der Waals surface area contributed by atoms with E-state index in [-0.39, 0.29) is 35.8 Å². The van der Waals surface area contributed by atoms with E-state index in [2.05, 4.69) is 11.4 Å². The van der Waals surface area contributed by atoms with Gasteiger partial charge in [-0.2, -0.15) is 0 Å². The molecule has 2 N–H and O–H groups in total. The number of benzene rings is 1. The Bertz CT molecular complexity index is 697. The summed E-state index contributed by atoms with van der Waals surface area (Å²) >= 11 is 0. The summed E-state index contributed by atoms with van der Waals surface area (Å²) in [4.78, 5) is 28.2. The van der Waals surface area contributed by atoms with Crippen LogP contribution >= 0.6 is 0 Å². The minimum atomic E-state index is -0.225. The lowest BCUT2D eigenvalue weighted by molar-refractivity contribution is -0.135. The number of aliphatic hydroxyl groups excluding tert-OH is 1. The van der Waals surface area contributed by atoms with Gasteiger partial charge in [0.2, 0.25) is 11.8 Å². The van der Waals surface area contributed by atoms with Crippen LogP contribution in [0.2, 0.25) is 0 Å². The Labute approximate surface area is 161 Å². The number of carbonyl (C=O) groups is 2. The molecule has 2 atom stereocenters. The van der Waals surface area contributed by atoms with Crippen LogP contribution in [-0.4, -0.2) is 35.6 Å². The number of anilines is 1. The molecule has 27 heavy (non-hydrogen) atoms. The predicted octanol–water partition coefficient (Wildman–Crippen LogP) is 2.80. The summed E-state index contributed by atoms with van der Waals surface area (Å²) in [7, 11) is 0. The van der Waals surface area contributed by atoms with Crippen LogP contribution in [0.25, 0.3) is 0 Å². The molecule has 1 aromatic rings. The van der Waals surface area contributed by atoms with Crippen molar-refractivity contribution < 1.29 is 14.7 Å². The predicted molar refractivity (Wildman–Crippen MR) is 104 cm³/mol. The fraction of sp³-hybridized carbons (Fsp3) is 0.636. The second-order valence-corrected chi connectivity index (χ2v) is 8.38. The molecule has 2 unspecified atom stereocenters. The van der Waals surface area contributed by atoms with E-state index in [0.717, 1.165) is 70.0 Å². The molecule has 4 rings (SSSR count). The molecule has 2 aliphatic carbocycles. The summed E-state index contributed by atoms with van der Waals surface area (Å²) in [6, 6.07) is 8.25. The van der Waals surface area contributed by atoms with Crippen molar-refractivity contribution in [3.8, 4) is 0 Å². The molecule has 146 valence electrons. The number of hydrogen-bond donors (Lipinski definition) is 2. The maximum absolute atomic E-state index is 13.3. The molecule has 1 aliphatic heterocycles.